The van der Waals surface area contributed by atoms with E-state index < -0.39 is 6.10 Å². The molecule has 3 nitrogen and oxygen atoms in total. The SMILES string of the molecule is CCc1cc(CC(O)c2ccccc2Br)n(C)n1. The van der Waals surface area contributed by atoms with E-state index in [1.807, 2.05) is 36.0 Å². The van der Waals surface area contributed by atoms with Crippen molar-refractivity contribution in [1.82, 2.24) is 9.78 Å². The van der Waals surface area contributed by atoms with Crippen LogP contribution >= 0.6 is 15.9 Å². The van der Waals surface area contributed by atoms with E-state index in [9.17, 15) is 5.11 Å². The molecule has 18 heavy (non-hydrogen) atoms. The second kappa shape index (κ2) is 5.67. The fourth-order valence-corrected chi connectivity index (χ4v) is 2.54. The first kappa shape index (κ1) is 13.3. The first-order valence-electron chi connectivity index (χ1n) is 6.06. The Balaban J connectivity index is 2.18. The highest BCUT2D eigenvalue weighted by Crippen LogP contribution is 2.25. The van der Waals surface area contributed by atoms with Crippen molar-refractivity contribution >= 4 is 15.9 Å². The Bertz CT molecular complexity index is 536. The molecule has 0 amide bonds. The fraction of sp³-hybridized carbons (Fsp3) is 0.357. The van der Waals surface area contributed by atoms with Crippen molar-refractivity contribution in [2.24, 2.45) is 7.05 Å². The third-order valence-corrected chi connectivity index (χ3v) is 3.78. The van der Waals surface area contributed by atoms with Gasteiger partial charge in [-0.2, -0.15) is 5.10 Å². The molecule has 0 aliphatic carbocycles. The molecule has 96 valence electrons. The predicted octanol–water partition coefficient (Wildman–Crippen LogP) is 3.02. The number of rotatable bonds is 4. The quantitative estimate of drug-likeness (QED) is 0.943. The van der Waals surface area contributed by atoms with Crippen LogP contribution in [0, 0.1) is 0 Å². The summed E-state index contributed by atoms with van der Waals surface area (Å²) in [5.41, 5.74) is 3.03. The van der Waals surface area contributed by atoms with E-state index in [1.165, 1.54) is 0 Å². The van der Waals surface area contributed by atoms with Crippen molar-refractivity contribution in [3.05, 3.63) is 51.8 Å². The average Bonchev–Trinajstić information content (AvgIpc) is 2.70. The summed E-state index contributed by atoms with van der Waals surface area (Å²) >= 11 is 3.47. The third-order valence-electron chi connectivity index (χ3n) is 3.06. The van der Waals surface area contributed by atoms with Gasteiger partial charge in [-0.15, -0.1) is 0 Å². The van der Waals surface area contributed by atoms with E-state index in [-0.39, 0.29) is 0 Å². The smallest absolute Gasteiger partial charge is 0.0856 e. The lowest BCUT2D eigenvalue weighted by Crippen LogP contribution is -2.06. The largest absolute Gasteiger partial charge is 0.388 e. The normalized spacial score (nSPS) is 12.7. The molecule has 0 aliphatic heterocycles. The topological polar surface area (TPSA) is 38.0 Å². The monoisotopic (exact) mass is 308 g/mol. The van der Waals surface area contributed by atoms with Crippen LogP contribution in [0.4, 0.5) is 0 Å². The predicted molar refractivity (Wildman–Crippen MR) is 75.4 cm³/mol. The standard InChI is InChI=1S/C14H17BrN2O/c1-3-10-8-11(17(2)16-10)9-14(18)12-6-4-5-7-13(12)15/h4-8,14,18H,3,9H2,1-2H3. The molecule has 1 atom stereocenters. The van der Waals surface area contributed by atoms with Gasteiger partial charge in [0.25, 0.3) is 0 Å². The average molecular weight is 309 g/mol. The molecule has 0 fully saturated rings. The lowest BCUT2D eigenvalue weighted by molar-refractivity contribution is 0.175. The Morgan fingerprint density at radius 2 is 2.11 bits per heavy atom. The van der Waals surface area contributed by atoms with E-state index in [0.717, 1.165) is 27.8 Å². The molecule has 1 N–H and O–H groups in total. The van der Waals surface area contributed by atoms with Gasteiger partial charge in [0.15, 0.2) is 0 Å². The van der Waals surface area contributed by atoms with E-state index in [0.29, 0.717) is 6.42 Å². The fourth-order valence-electron chi connectivity index (χ4n) is 1.99. The Kier molecular flexibility index (Phi) is 4.19. The second-order valence-electron chi connectivity index (χ2n) is 4.35. The summed E-state index contributed by atoms with van der Waals surface area (Å²) < 4.78 is 2.79. The zero-order chi connectivity index (χ0) is 13.1. The van der Waals surface area contributed by atoms with Crippen molar-refractivity contribution in [1.29, 1.82) is 0 Å². The highest BCUT2D eigenvalue weighted by atomic mass is 79.9. The summed E-state index contributed by atoms with van der Waals surface area (Å²) in [5, 5.41) is 14.7. The zero-order valence-corrected chi connectivity index (χ0v) is 12.2. The molecule has 1 heterocycles. The second-order valence-corrected chi connectivity index (χ2v) is 5.20. The lowest BCUT2D eigenvalue weighted by atomic mass is 10.0. The molecule has 1 aromatic heterocycles. The summed E-state index contributed by atoms with van der Waals surface area (Å²) in [7, 11) is 1.92. The van der Waals surface area contributed by atoms with E-state index >= 15 is 0 Å². The van der Waals surface area contributed by atoms with Gasteiger partial charge in [-0.3, -0.25) is 4.68 Å². The number of hydrogen-bond donors (Lipinski definition) is 1. The minimum Gasteiger partial charge on any atom is -0.388 e. The highest BCUT2D eigenvalue weighted by Gasteiger charge is 2.14. The van der Waals surface area contributed by atoms with E-state index in [1.54, 1.807) is 0 Å². The summed E-state index contributed by atoms with van der Waals surface area (Å²) in [6.07, 6.45) is 0.978. The summed E-state index contributed by atoms with van der Waals surface area (Å²) in [4.78, 5) is 0. The maximum Gasteiger partial charge on any atom is 0.0856 e. The van der Waals surface area contributed by atoms with E-state index in [2.05, 4.69) is 34.0 Å². The van der Waals surface area contributed by atoms with Gasteiger partial charge in [0.2, 0.25) is 0 Å². The molecule has 0 radical (unpaired) electrons. The first-order valence-corrected chi connectivity index (χ1v) is 6.85. The van der Waals surface area contributed by atoms with Gasteiger partial charge in [-0.25, -0.2) is 0 Å². The molecule has 0 saturated heterocycles. The number of benzene rings is 1. The summed E-state index contributed by atoms with van der Waals surface area (Å²) in [6, 6.07) is 9.81. The molecule has 4 heteroatoms. The van der Waals surface area contributed by atoms with Crippen molar-refractivity contribution in [2.45, 2.75) is 25.9 Å². The van der Waals surface area contributed by atoms with Crippen LogP contribution in [0.5, 0.6) is 0 Å². The van der Waals surface area contributed by atoms with Crippen LogP contribution in [-0.2, 0) is 19.9 Å². The Hall–Kier alpha value is -1.13. The van der Waals surface area contributed by atoms with Crippen LogP contribution in [0.2, 0.25) is 0 Å². The number of nitrogens with zero attached hydrogens (tertiary/aromatic N) is 2. The number of halogens is 1. The van der Waals surface area contributed by atoms with Crippen LogP contribution in [-0.4, -0.2) is 14.9 Å². The number of hydrogen-bond acceptors (Lipinski definition) is 2. The number of aromatic nitrogens is 2. The van der Waals surface area contributed by atoms with Gasteiger partial charge in [-0.05, 0) is 24.1 Å². The van der Waals surface area contributed by atoms with Gasteiger partial charge in [0.05, 0.1) is 11.8 Å². The zero-order valence-electron chi connectivity index (χ0n) is 10.6. The van der Waals surface area contributed by atoms with Crippen LogP contribution in [0.1, 0.15) is 30.0 Å². The Morgan fingerprint density at radius 1 is 1.39 bits per heavy atom. The Labute approximate surface area is 116 Å². The molecule has 0 aliphatic rings. The van der Waals surface area contributed by atoms with Gasteiger partial charge >= 0.3 is 0 Å². The highest BCUT2D eigenvalue weighted by molar-refractivity contribution is 9.10. The molecule has 2 rings (SSSR count). The van der Waals surface area contributed by atoms with Gasteiger partial charge in [0, 0.05) is 23.6 Å². The number of aliphatic hydroxyl groups excluding tert-OH is 1. The van der Waals surface area contributed by atoms with E-state index in [4.69, 9.17) is 0 Å². The van der Waals surface area contributed by atoms with Gasteiger partial charge in [0.1, 0.15) is 0 Å². The van der Waals surface area contributed by atoms with Crippen molar-refractivity contribution in [3.63, 3.8) is 0 Å². The minimum atomic E-state index is -0.513. The van der Waals surface area contributed by atoms with Gasteiger partial charge < -0.3 is 5.11 Å². The minimum absolute atomic E-state index is 0.513. The molecule has 0 bridgehead atoms. The van der Waals surface area contributed by atoms with Gasteiger partial charge in [-0.1, -0.05) is 41.1 Å². The molecule has 0 saturated carbocycles. The molecule has 1 aromatic carbocycles. The summed E-state index contributed by atoms with van der Waals surface area (Å²) in [5.74, 6) is 0. The maximum absolute atomic E-state index is 10.3. The van der Waals surface area contributed by atoms with Crippen LogP contribution in [0.3, 0.4) is 0 Å². The molecular weight excluding hydrogens is 292 g/mol. The number of aliphatic hydroxyl groups is 1. The molecule has 2 aromatic rings. The number of aryl methyl sites for hydroxylation is 2. The van der Waals surface area contributed by atoms with Crippen molar-refractivity contribution in [2.75, 3.05) is 0 Å². The van der Waals surface area contributed by atoms with Crippen LogP contribution in [0.25, 0.3) is 0 Å². The molecular formula is C14H17BrN2O. The Morgan fingerprint density at radius 3 is 2.72 bits per heavy atom. The van der Waals surface area contributed by atoms with Crippen LogP contribution in [0.15, 0.2) is 34.8 Å². The molecule has 1 unspecified atom stereocenters. The van der Waals surface area contributed by atoms with Crippen LogP contribution < -0.4 is 0 Å². The van der Waals surface area contributed by atoms with Crippen molar-refractivity contribution < 1.29 is 5.11 Å². The van der Waals surface area contributed by atoms with Crippen molar-refractivity contribution in [3.8, 4) is 0 Å². The maximum atomic E-state index is 10.3. The first-order chi connectivity index (χ1) is 8.61. The lowest BCUT2D eigenvalue weighted by Gasteiger charge is -2.12. The summed E-state index contributed by atoms with van der Waals surface area (Å²) in [6.45, 7) is 2.08. The third kappa shape index (κ3) is 2.82. The molecule has 0 spiro atoms.